The molecular formula is C14H19NO2. The van der Waals surface area contributed by atoms with Gasteiger partial charge >= 0.3 is 5.97 Å². The van der Waals surface area contributed by atoms with E-state index in [0.29, 0.717) is 0 Å². The molecule has 17 heavy (non-hydrogen) atoms. The Morgan fingerprint density at radius 1 is 1.41 bits per heavy atom. The SMILES string of the molecule is COC(=O)C1CCN(CCc2ccccc2)C1. The van der Waals surface area contributed by atoms with Gasteiger partial charge in [-0.1, -0.05) is 30.3 Å². The van der Waals surface area contributed by atoms with Gasteiger partial charge in [0.15, 0.2) is 0 Å². The molecule has 0 aliphatic carbocycles. The lowest BCUT2D eigenvalue weighted by Crippen LogP contribution is -2.25. The van der Waals surface area contributed by atoms with Crippen LogP contribution < -0.4 is 0 Å². The number of hydrogen-bond acceptors (Lipinski definition) is 3. The molecule has 1 unspecified atom stereocenters. The second-order valence-electron chi connectivity index (χ2n) is 4.54. The van der Waals surface area contributed by atoms with Crippen LogP contribution >= 0.6 is 0 Å². The van der Waals surface area contributed by atoms with Crippen molar-refractivity contribution in [3.05, 3.63) is 35.9 Å². The van der Waals surface area contributed by atoms with E-state index in [1.165, 1.54) is 12.7 Å². The molecule has 0 bridgehead atoms. The molecule has 1 aromatic rings. The zero-order chi connectivity index (χ0) is 12.1. The molecule has 0 spiro atoms. The van der Waals surface area contributed by atoms with Crippen LogP contribution in [0.25, 0.3) is 0 Å². The van der Waals surface area contributed by atoms with Gasteiger partial charge in [0, 0.05) is 13.1 Å². The van der Waals surface area contributed by atoms with Gasteiger partial charge in [-0.2, -0.15) is 0 Å². The van der Waals surface area contributed by atoms with Gasteiger partial charge in [0.1, 0.15) is 0 Å². The number of rotatable bonds is 4. The van der Waals surface area contributed by atoms with E-state index in [0.717, 1.165) is 32.5 Å². The largest absolute Gasteiger partial charge is 0.469 e. The lowest BCUT2D eigenvalue weighted by molar-refractivity contribution is -0.144. The first-order valence-corrected chi connectivity index (χ1v) is 6.13. The van der Waals surface area contributed by atoms with E-state index in [9.17, 15) is 4.79 Å². The number of benzene rings is 1. The van der Waals surface area contributed by atoms with Crippen LogP contribution in [0.5, 0.6) is 0 Å². The van der Waals surface area contributed by atoms with E-state index in [1.54, 1.807) is 0 Å². The molecule has 1 fully saturated rings. The minimum atomic E-state index is -0.0628. The van der Waals surface area contributed by atoms with Gasteiger partial charge in [-0.05, 0) is 24.9 Å². The first-order valence-electron chi connectivity index (χ1n) is 6.13. The molecule has 3 nitrogen and oxygen atoms in total. The third-order valence-corrected chi connectivity index (χ3v) is 3.37. The summed E-state index contributed by atoms with van der Waals surface area (Å²) in [6.07, 6.45) is 1.98. The van der Waals surface area contributed by atoms with Crippen molar-refractivity contribution < 1.29 is 9.53 Å². The normalized spacial score (nSPS) is 20.4. The maximum Gasteiger partial charge on any atom is 0.310 e. The number of methoxy groups -OCH3 is 1. The van der Waals surface area contributed by atoms with Gasteiger partial charge in [-0.15, -0.1) is 0 Å². The Morgan fingerprint density at radius 3 is 2.88 bits per heavy atom. The van der Waals surface area contributed by atoms with Crippen LogP contribution in [0.3, 0.4) is 0 Å². The Balaban J connectivity index is 1.77. The molecular weight excluding hydrogens is 214 g/mol. The Bertz CT molecular complexity index is 364. The highest BCUT2D eigenvalue weighted by atomic mass is 16.5. The van der Waals surface area contributed by atoms with Crippen LogP contribution in [0.2, 0.25) is 0 Å². The van der Waals surface area contributed by atoms with Crippen molar-refractivity contribution in [2.45, 2.75) is 12.8 Å². The average Bonchev–Trinajstić information content (AvgIpc) is 2.85. The summed E-state index contributed by atoms with van der Waals surface area (Å²) in [5.74, 6) is 0.0167. The molecule has 1 aromatic carbocycles. The second-order valence-corrected chi connectivity index (χ2v) is 4.54. The Hall–Kier alpha value is -1.35. The van der Waals surface area contributed by atoms with Crippen molar-refractivity contribution in [1.29, 1.82) is 0 Å². The summed E-state index contributed by atoms with van der Waals surface area (Å²) in [5, 5.41) is 0. The van der Waals surface area contributed by atoms with Gasteiger partial charge in [-0.3, -0.25) is 4.79 Å². The Kier molecular flexibility index (Phi) is 4.15. The number of esters is 1. The summed E-state index contributed by atoms with van der Waals surface area (Å²) in [6, 6.07) is 10.5. The predicted molar refractivity (Wildman–Crippen MR) is 66.7 cm³/mol. The molecule has 0 amide bonds. The number of ether oxygens (including phenoxy) is 1. The molecule has 0 N–H and O–H groups in total. The van der Waals surface area contributed by atoms with Gasteiger partial charge in [-0.25, -0.2) is 0 Å². The molecule has 1 aliphatic rings. The molecule has 1 aliphatic heterocycles. The number of nitrogens with zero attached hydrogens (tertiary/aromatic N) is 1. The predicted octanol–water partition coefficient (Wildman–Crippen LogP) is 1.72. The van der Waals surface area contributed by atoms with Gasteiger partial charge in [0.05, 0.1) is 13.0 Å². The van der Waals surface area contributed by atoms with Gasteiger partial charge in [0.25, 0.3) is 0 Å². The maximum absolute atomic E-state index is 11.4. The van der Waals surface area contributed by atoms with Crippen molar-refractivity contribution in [3.63, 3.8) is 0 Å². The maximum atomic E-state index is 11.4. The van der Waals surface area contributed by atoms with E-state index in [2.05, 4.69) is 29.2 Å². The first-order chi connectivity index (χ1) is 8.29. The molecule has 0 saturated carbocycles. The number of carbonyl (C=O) groups is 1. The van der Waals surface area contributed by atoms with Crippen LogP contribution in [0.4, 0.5) is 0 Å². The fraction of sp³-hybridized carbons (Fsp3) is 0.500. The van der Waals surface area contributed by atoms with Crippen LogP contribution in [0.15, 0.2) is 30.3 Å². The lowest BCUT2D eigenvalue weighted by atomic mass is 10.1. The molecule has 0 aromatic heterocycles. The van der Waals surface area contributed by atoms with E-state index in [4.69, 9.17) is 4.74 Å². The zero-order valence-electron chi connectivity index (χ0n) is 10.3. The number of carbonyl (C=O) groups excluding carboxylic acids is 1. The van der Waals surface area contributed by atoms with Crippen LogP contribution in [0.1, 0.15) is 12.0 Å². The standard InChI is InChI=1S/C14H19NO2/c1-17-14(16)13-8-10-15(11-13)9-7-12-5-3-2-4-6-12/h2-6,13H,7-11H2,1H3. The van der Waals surface area contributed by atoms with E-state index in [-0.39, 0.29) is 11.9 Å². The van der Waals surface area contributed by atoms with Crippen LogP contribution in [-0.4, -0.2) is 37.6 Å². The zero-order valence-corrected chi connectivity index (χ0v) is 10.3. The number of hydrogen-bond donors (Lipinski definition) is 0. The quantitative estimate of drug-likeness (QED) is 0.742. The lowest BCUT2D eigenvalue weighted by Gasteiger charge is -2.15. The summed E-state index contributed by atoms with van der Waals surface area (Å²) >= 11 is 0. The summed E-state index contributed by atoms with van der Waals surface area (Å²) in [4.78, 5) is 13.7. The monoisotopic (exact) mass is 233 g/mol. The highest BCUT2D eigenvalue weighted by molar-refractivity contribution is 5.72. The van der Waals surface area contributed by atoms with Crippen molar-refractivity contribution in [2.24, 2.45) is 5.92 Å². The van der Waals surface area contributed by atoms with Gasteiger partial charge < -0.3 is 9.64 Å². The van der Waals surface area contributed by atoms with Crippen molar-refractivity contribution in [1.82, 2.24) is 4.90 Å². The van der Waals surface area contributed by atoms with Crippen LogP contribution in [-0.2, 0) is 16.0 Å². The highest BCUT2D eigenvalue weighted by Gasteiger charge is 2.28. The molecule has 3 heteroatoms. The van der Waals surface area contributed by atoms with Crippen LogP contribution in [0, 0.1) is 5.92 Å². The minimum Gasteiger partial charge on any atom is -0.469 e. The third kappa shape index (κ3) is 3.30. The third-order valence-electron chi connectivity index (χ3n) is 3.37. The second kappa shape index (κ2) is 5.82. The molecule has 1 heterocycles. The Labute approximate surface area is 102 Å². The highest BCUT2D eigenvalue weighted by Crippen LogP contribution is 2.17. The minimum absolute atomic E-state index is 0.0628. The summed E-state index contributed by atoms with van der Waals surface area (Å²) in [7, 11) is 1.47. The summed E-state index contributed by atoms with van der Waals surface area (Å²) < 4.78 is 4.78. The average molecular weight is 233 g/mol. The van der Waals surface area contributed by atoms with Gasteiger partial charge in [0.2, 0.25) is 0 Å². The van der Waals surface area contributed by atoms with E-state index in [1.807, 2.05) is 6.07 Å². The summed E-state index contributed by atoms with van der Waals surface area (Å²) in [6.45, 7) is 2.88. The Morgan fingerprint density at radius 2 is 2.18 bits per heavy atom. The fourth-order valence-electron chi connectivity index (χ4n) is 2.33. The van der Waals surface area contributed by atoms with Crippen molar-refractivity contribution in [2.75, 3.05) is 26.7 Å². The van der Waals surface area contributed by atoms with E-state index >= 15 is 0 Å². The smallest absolute Gasteiger partial charge is 0.310 e. The number of likely N-dealkylation sites (tertiary alicyclic amines) is 1. The molecule has 1 atom stereocenters. The topological polar surface area (TPSA) is 29.5 Å². The fourth-order valence-corrected chi connectivity index (χ4v) is 2.33. The molecule has 2 rings (SSSR count). The summed E-state index contributed by atoms with van der Waals surface area (Å²) in [5.41, 5.74) is 1.36. The van der Waals surface area contributed by atoms with Crippen molar-refractivity contribution in [3.8, 4) is 0 Å². The molecule has 92 valence electrons. The molecule has 0 radical (unpaired) electrons. The van der Waals surface area contributed by atoms with Crippen molar-refractivity contribution >= 4 is 5.97 Å². The van der Waals surface area contributed by atoms with E-state index < -0.39 is 0 Å². The molecule has 1 saturated heterocycles. The first kappa shape index (κ1) is 12.1.